The average Bonchev–Trinajstić information content (AvgIpc) is 2.53. The van der Waals surface area contributed by atoms with E-state index in [1.54, 1.807) is 0 Å². The van der Waals surface area contributed by atoms with E-state index in [2.05, 4.69) is 21.2 Å². The van der Waals surface area contributed by atoms with Crippen LogP contribution >= 0.6 is 15.9 Å². The van der Waals surface area contributed by atoms with Gasteiger partial charge >= 0.3 is 5.97 Å². The first-order chi connectivity index (χ1) is 10.1. The van der Waals surface area contributed by atoms with Crippen LogP contribution in [0.25, 0.3) is 0 Å². The van der Waals surface area contributed by atoms with E-state index in [9.17, 15) is 4.79 Å². The van der Waals surface area contributed by atoms with E-state index < -0.39 is 6.04 Å². The number of hydrogen-bond acceptors (Lipinski definition) is 3. The summed E-state index contributed by atoms with van der Waals surface area (Å²) in [6.45, 7) is 2.03. The predicted molar refractivity (Wildman–Crippen MR) is 86.9 cm³/mol. The fraction of sp³-hybridized carbons (Fsp3) is 0.235. The third kappa shape index (κ3) is 4.16. The number of hydrogen-bond donors (Lipinski definition) is 1. The van der Waals surface area contributed by atoms with Crippen LogP contribution in [0.4, 0.5) is 0 Å². The Morgan fingerprint density at radius 2 is 1.67 bits per heavy atom. The predicted octanol–water partition coefficient (Wildman–Crippen LogP) is 4.01. The van der Waals surface area contributed by atoms with Crippen LogP contribution in [0, 0.1) is 0 Å². The molecule has 2 rings (SSSR count). The van der Waals surface area contributed by atoms with Gasteiger partial charge < -0.3 is 4.74 Å². The van der Waals surface area contributed by atoms with E-state index in [1.807, 2.05) is 61.5 Å². The first kappa shape index (κ1) is 15.7. The fourth-order valence-electron chi connectivity index (χ4n) is 2.16. The second-order valence-corrected chi connectivity index (χ2v) is 5.72. The second kappa shape index (κ2) is 7.38. The minimum atomic E-state index is -0.477. The summed E-state index contributed by atoms with van der Waals surface area (Å²) in [6, 6.07) is 17.2. The minimum Gasteiger partial charge on any atom is -0.468 e. The van der Waals surface area contributed by atoms with Crippen LogP contribution < -0.4 is 5.32 Å². The maximum atomic E-state index is 12.0. The van der Waals surface area contributed by atoms with Gasteiger partial charge in [0.05, 0.1) is 7.11 Å². The molecule has 1 N–H and O–H groups in total. The van der Waals surface area contributed by atoms with Crippen molar-refractivity contribution < 1.29 is 9.53 Å². The number of halogens is 1. The zero-order valence-corrected chi connectivity index (χ0v) is 13.6. The van der Waals surface area contributed by atoms with Crippen LogP contribution in [0.3, 0.4) is 0 Å². The Balaban J connectivity index is 2.19. The Labute approximate surface area is 133 Å². The largest absolute Gasteiger partial charge is 0.468 e. The van der Waals surface area contributed by atoms with Crippen molar-refractivity contribution in [2.75, 3.05) is 7.11 Å². The molecule has 0 radical (unpaired) electrons. The molecule has 0 saturated carbocycles. The highest BCUT2D eigenvalue weighted by atomic mass is 79.9. The smallest absolute Gasteiger partial charge is 0.327 e. The van der Waals surface area contributed by atoms with Gasteiger partial charge in [-0.3, -0.25) is 5.32 Å². The van der Waals surface area contributed by atoms with Crippen LogP contribution in [0.15, 0.2) is 59.1 Å². The molecule has 0 aliphatic heterocycles. The first-order valence-electron chi connectivity index (χ1n) is 6.76. The van der Waals surface area contributed by atoms with Crippen LogP contribution in [0.5, 0.6) is 0 Å². The molecule has 0 heterocycles. The molecule has 0 spiro atoms. The quantitative estimate of drug-likeness (QED) is 0.830. The van der Waals surface area contributed by atoms with E-state index in [0.717, 1.165) is 15.6 Å². The van der Waals surface area contributed by atoms with Gasteiger partial charge in [0.15, 0.2) is 0 Å². The molecule has 2 aromatic rings. The number of nitrogens with one attached hydrogen (secondary N) is 1. The third-order valence-corrected chi connectivity index (χ3v) is 3.89. The molecular formula is C17H18BrNO2. The average molecular weight is 348 g/mol. The zero-order valence-electron chi connectivity index (χ0n) is 12.0. The van der Waals surface area contributed by atoms with Gasteiger partial charge in [-0.2, -0.15) is 0 Å². The van der Waals surface area contributed by atoms with E-state index in [0.29, 0.717) is 0 Å². The summed E-state index contributed by atoms with van der Waals surface area (Å²) < 4.78 is 5.95. The highest BCUT2D eigenvalue weighted by molar-refractivity contribution is 9.10. The SMILES string of the molecule is COC(=O)C(NC(C)c1ccc(Br)cc1)c1ccccc1. The van der Waals surface area contributed by atoms with Crippen molar-refractivity contribution in [1.82, 2.24) is 5.32 Å². The number of benzene rings is 2. The van der Waals surface area contributed by atoms with Crippen molar-refractivity contribution in [2.45, 2.75) is 19.0 Å². The maximum Gasteiger partial charge on any atom is 0.327 e. The molecule has 4 heteroatoms. The van der Waals surface area contributed by atoms with E-state index in [1.165, 1.54) is 7.11 Å². The third-order valence-electron chi connectivity index (χ3n) is 3.36. The van der Waals surface area contributed by atoms with Crippen LogP contribution in [-0.2, 0) is 9.53 Å². The monoisotopic (exact) mass is 347 g/mol. The molecule has 3 nitrogen and oxygen atoms in total. The normalized spacial score (nSPS) is 13.5. The molecule has 0 fully saturated rings. The number of ether oxygens (including phenoxy) is 1. The lowest BCUT2D eigenvalue weighted by atomic mass is 10.0. The molecule has 0 bridgehead atoms. The molecule has 0 aromatic heterocycles. The lowest BCUT2D eigenvalue weighted by Crippen LogP contribution is -2.31. The molecule has 110 valence electrons. The Morgan fingerprint density at radius 1 is 1.05 bits per heavy atom. The van der Waals surface area contributed by atoms with Gasteiger partial charge in [0.2, 0.25) is 0 Å². The van der Waals surface area contributed by atoms with Crippen molar-refractivity contribution in [3.8, 4) is 0 Å². The number of esters is 1. The van der Waals surface area contributed by atoms with Gasteiger partial charge in [-0.25, -0.2) is 4.79 Å². The Hall–Kier alpha value is -1.65. The molecule has 0 amide bonds. The molecule has 2 atom stereocenters. The van der Waals surface area contributed by atoms with Crippen molar-refractivity contribution in [2.24, 2.45) is 0 Å². The molecule has 2 unspecified atom stereocenters. The number of rotatable bonds is 5. The van der Waals surface area contributed by atoms with E-state index in [4.69, 9.17) is 4.74 Å². The Morgan fingerprint density at radius 3 is 2.24 bits per heavy atom. The number of methoxy groups -OCH3 is 1. The molecule has 0 aliphatic carbocycles. The summed E-state index contributed by atoms with van der Waals surface area (Å²) in [7, 11) is 1.41. The lowest BCUT2D eigenvalue weighted by Gasteiger charge is -2.22. The van der Waals surface area contributed by atoms with Crippen molar-refractivity contribution >= 4 is 21.9 Å². The second-order valence-electron chi connectivity index (χ2n) is 4.81. The van der Waals surface area contributed by atoms with Crippen molar-refractivity contribution in [3.05, 3.63) is 70.2 Å². The summed E-state index contributed by atoms with van der Waals surface area (Å²) in [5, 5.41) is 3.33. The molecular weight excluding hydrogens is 330 g/mol. The van der Waals surface area contributed by atoms with Crippen LogP contribution in [0.2, 0.25) is 0 Å². The zero-order chi connectivity index (χ0) is 15.2. The van der Waals surface area contributed by atoms with Gasteiger partial charge in [0, 0.05) is 10.5 Å². The summed E-state index contributed by atoms with van der Waals surface area (Å²) in [6.07, 6.45) is 0. The van der Waals surface area contributed by atoms with Gasteiger partial charge in [-0.1, -0.05) is 58.4 Å². The van der Waals surface area contributed by atoms with Gasteiger partial charge in [-0.05, 0) is 30.2 Å². The van der Waals surface area contributed by atoms with Gasteiger partial charge in [0.1, 0.15) is 6.04 Å². The Bertz CT molecular complexity index is 583. The molecule has 0 aliphatic rings. The highest BCUT2D eigenvalue weighted by Gasteiger charge is 2.23. The fourth-order valence-corrected chi connectivity index (χ4v) is 2.43. The number of carbonyl (C=O) groups excluding carboxylic acids is 1. The van der Waals surface area contributed by atoms with Crippen LogP contribution in [0.1, 0.15) is 30.1 Å². The Kier molecular flexibility index (Phi) is 5.53. The molecule has 21 heavy (non-hydrogen) atoms. The summed E-state index contributed by atoms with van der Waals surface area (Å²) in [4.78, 5) is 12.0. The lowest BCUT2D eigenvalue weighted by molar-refractivity contribution is -0.143. The number of carbonyl (C=O) groups is 1. The van der Waals surface area contributed by atoms with E-state index in [-0.39, 0.29) is 12.0 Å². The highest BCUT2D eigenvalue weighted by Crippen LogP contribution is 2.22. The molecule has 0 saturated heterocycles. The summed E-state index contributed by atoms with van der Waals surface area (Å²) in [5.74, 6) is -0.287. The van der Waals surface area contributed by atoms with Gasteiger partial charge in [-0.15, -0.1) is 0 Å². The van der Waals surface area contributed by atoms with E-state index >= 15 is 0 Å². The summed E-state index contributed by atoms with van der Waals surface area (Å²) >= 11 is 3.42. The standard InChI is InChI=1S/C17H18BrNO2/c1-12(13-8-10-15(18)11-9-13)19-16(17(20)21-2)14-6-4-3-5-7-14/h3-12,16,19H,1-2H3. The van der Waals surface area contributed by atoms with Crippen LogP contribution in [-0.4, -0.2) is 13.1 Å². The van der Waals surface area contributed by atoms with Gasteiger partial charge in [0.25, 0.3) is 0 Å². The summed E-state index contributed by atoms with van der Waals surface area (Å²) in [5.41, 5.74) is 2.01. The topological polar surface area (TPSA) is 38.3 Å². The minimum absolute atomic E-state index is 0.0300. The first-order valence-corrected chi connectivity index (χ1v) is 7.55. The maximum absolute atomic E-state index is 12.0. The molecule has 2 aromatic carbocycles. The van der Waals surface area contributed by atoms with Crippen molar-refractivity contribution in [1.29, 1.82) is 0 Å². The van der Waals surface area contributed by atoms with Crippen molar-refractivity contribution in [3.63, 3.8) is 0 Å².